The number of hydrogen-bond donors (Lipinski definition) is 1. The van der Waals surface area contributed by atoms with Gasteiger partial charge in [0.05, 0.1) is 12.0 Å². The van der Waals surface area contributed by atoms with Crippen LogP contribution in [0, 0.1) is 10.7 Å². The topological polar surface area (TPSA) is 63.6 Å². The first-order valence-corrected chi connectivity index (χ1v) is 8.40. The van der Waals surface area contributed by atoms with Crippen LogP contribution in [0.15, 0.2) is 12.1 Å². The Morgan fingerprint density at radius 3 is 2.29 bits per heavy atom. The van der Waals surface area contributed by atoms with E-state index in [1.165, 1.54) is 6.07 Å². The lowest BCUT2D eigenvalue weighted by Gasteiger charge is -2.19. The van der Waals surface area contributed by atoms with E-state index in [1.54, 1.807) is 6.07 Å². The fraction of sp³-hybridized carbons (Fsp3) is 0.273. The summed E-state index contributed by atoms with van der Waals surface area (Å²) in [6, 6.07) is 3.14. The summed E-state index contributed by atoms with van der Waals surface area (Å²) < 4.78 is 44.2. The number of alkyl halides is 3. The summed E-state index contributed by atoms with van der Waals surface area (Å²) in [6.45, 7) is 0. The minimum absolute atomic E-state index is 0.0217. The van der Waals surface area contributed by atoms with Crippen LogP contribution >= 0.6 is 67.8 Å². The Labute approximate surface area is 158 Å². The van der Waals surface area contributed by atoms with Crippen LogP contribution in [-0.2, 0) is 9.53 Å². The van der Waals surface area contributed by atoms with E-state index in [1.807, 2.05) is 67.8 Å². The summed E-state index contributed by atoms with van der Waals surface area (Å²) in [6.07, 6.45) is -8.93. The Morgan fingerprint density at radius 1 is 1.24 bits per heavy atom. The number of carbonyl (C=O) groups is 2. The summed E-state index contributed by atoms with van der Waals surface area (Å²) >= 11 is 5.68. The van der Waals surface area contributed by atoms with E-state index in [9.17, 15) is 22.8 Å². The van der Waals surface area contributed by atoms with E-state index in [4.69, 9.17) is 5.11 Å². The first-order valence-electron chi connectivity index (χ1n) is 5.16. The van der Waals surface area contributed by atoms with Gasteiger partial charge in [-0.15, -0.1) is 0 Å². The maximum atomic E-state index is 12.7. The average molecular weight is 640 g/mol. The number of carboxylic acid groups (broad SMARTS) is 1. The molecular formula is C11H6F3I3O4. The Balaban J connectivity index is 3.05. The number of ether oxygens (including phenoxy) is 1. The Bertz CT molecular complexity index is 575. The van der Waals surface area contributed by atoms with Crippen molar-refractivity contribution < 1.29 is 32.6 Å². The highest BCUT2D eigenvalue weighted by Gasteiger charge is 2.44. The van der Waals surface area contributed by atoms with Crippen LogP contribution in [-0.4, -0.2) is 29.3 Å². The largest absolute Gasteiger partial charge is 0.481 e. The first-order chi connectivity index (χ1) is 9.52. The summed E-state index contributed by atoms with van der Waals surface area (Å²) in [4.78, 5) is 22.3. The summed E-state index contributed by atoms with van der Waals surface area (Å²) in [5, 5.41) is 8.48. The molecule has 1 N–H and O–H groups in total. The third-order valence-electron chi connectivity index (χ3n) is 2.19. The first kappa shape index (κ1) is 19.2. The highest BCUT2D eigenvalue weighted by atomic mass is 127. The molecule has 0 amide bonds. The number of benzene rings is 1. The third kappa shape index (κ3) is 5.69. The molecule has 0 saturated carbocycles. The van der Waals surface area contributed by atoms with Crippen molar-refractivity contribution >= 4 is 79.7 Å². The third-order valence-corrected chi connectivity index (χ3v) is 5.86. The van der Waals surface area contributed by atoms with Gasteiger partial charge in [-0.25, -0.2) is 4.79 Å². The van der Waals surface area contributed by atoms with E-state index >= 15 is 0 Å². The summed E-state index contributed by atoms with van der Waals surface area (Å²) in [5.74, 6) is -2.89. The lowest BCUT2D eigenvalue weighted by Crippen LogP contribution is -2.36. The highest BCUT2D eigenvalue weighted by Crippen LogP contribution is 2.28. The maximum absolute atomic E-state index is 12.7. The molecule has 116 valence electrons. The Hall–Kier alpha value is 0.140. The van der Waals surface area contributed by atoms with Crippen LogP contribution < -0.4 is 0 Å². The second kappa shape index (κ2) is 7.61. The van der Waals surface area contributed by atoms with Crippen molar-refractivity contribution in [1.29, 1.82) is 0 Å². The lowest BCUT2D eigenvalue weighted by atomic mass is 10.2. The molecule has 0 saturated heterocycles. The second-order valence-corrected chi connectivity index (χ2v) is 7.27. The zero-order chi connectivity index (χ0) is 16.4. The molecular weight excluding hydrogens is 634 g/mol. The van der Waals surface area contributed by atoms with Gasteiger partial charge in [-0.3, -0.25) is 4.79 Å². The van der Waals surface area contributed by atoms with Gasteiger partial charge in [-0.1, -0.05) is 0 Å². The van der Waals surface area contributed by atoms with Gasteiger partial charge in [-0.2, -0.15) is 13.2 Å². The van der Waals surface area contributed by atoms with Crippen molar-refractivity contribution in [3.63, 3.8) is 0 Å². The predicted molar refractivity (Wildman–Crippen MR) is 92.1 cm³/mol. The molecule has 0 radical (unpaired) electrons. The van der Waals surface area contributed by atoms with E-state index in [0.717, 1.165) is 0 Å². The van der Waals surface area contributed by atoms with Crippen LogP contribution in [0.5, 0.6) is 0 Å². The van der Waals surface area contributed by atoms with Gasteiger partial charge in [0.1, 0.15) is 0 Å². The van der Waals surface area contributed by atoms with Gasteiger partial charge in [0, 0.05) is 10.7 Å². The van der Waals surface area contributed by atoms with Crippen LogP contribution in [0.25, 0.3) is 0 Å². The number of aliphatic carboxylic acids is 1. The van der Waals surface area contributed by atoms with Crippen molar-refractivity contribution in [2.75, 3.05) is 0 Å². The van der Waals surface area contributed by atoms with Gasteiger partial charge < -0.3 is 9.84 Å². The summed E-state index contributed by atoms with van der Waals surface area (Å²) in [5.41, 5.74) is -0.0217. The van der Waals surface area contributed by atoms with Crippen molar-refractivity contribution in [3.8, 4) is 0 Å². The van der Waals surface area contributed by atoms with E-state index in [-0.39, 0.29) is 5.56 Å². The number of rotatable bonds is 4. The van der Waals surface area contributed by atoms with Crippen LogP contribution in [0.2, 0.25) is 0 Å². The molecule has 0 heterocycles. The molecule has 1 aromatic carbocycles. The van der Waals surface area contributed by atoms with E-state index in [2.05, 4.69) is 4.74 Å². The molecule has 0 aromatic heterocycles. The molecule has 0 bridgehead atoms. The van der Waals surface area contributed by atoms with Crippen LogP contribution in [0.1, 0.15) is 16.8 Å². The molecule has 21 heavy (non-hydrogen) atoms. The Kier molecular flexibility index (Phi) is 6.95. The molecule has 1 aromatic rings. The predicted octanol–water partition coefficient (Wildman–Crippen LogP) is 4.06. The summed E-state index contributed by atoms with van der Waals surface area (Å²) in [7, 11) is 0. The molecule has 0 aliphatic heterocycles. The van der Waals surface area contributed by atoms with Gasteiger partial charge >= 0.3 is 18.1 Å². The molecule has 10 heteroatoms. The molecule has 0 aliphatic carbocycles. The fourth-order valence-electron chi connectivity index (χ4n) is 1.28. The van der Waals surface area contributed by atoms with Gasteiger partial charge in [-0.05, 0) is 79.9 Å². The van der Waals surface area contributed by atoms with Crippen molar-refractivity contribution in [2.45, 2.75) is 18.7 Å². The molecule has 0 aliphatic rings. The number of halogens is 6. The zero-order valence-electron chi connectivity index (χ0n) is 9.88. The van der Waals surface area contributed by atoms with E-state index in [0.29, 0.717) is 10.7 Å². The monoisotopic (exact) mass is 640 g/mol. The van der Waals surface area contributed by atoms with Crippen molar-refractivity contribution in [2.24, 2.45) is 0 Å². The highest BCUT2D eigenvalue weighted by molar-refractivity contribution is 14.1. The smallest absolute Gasteiger partial charge is 0.426 e. The van der Waals surface area contributed by atoms with Crippen molar-refractivity contribution in [3.05, 3.63) is 28.4 Å². The SMILES string of the molecule is O=C(O)CC(OC(=O)c1cc(I)cc(I)c1I)C(F)(F)F. The van der Waals surface area contributed by atoms with Gasteiger partial charge in [0.25, 0.3) is 0 Å². The number of esters is 1. The molecule has 0 fully saturated rings. The fourth-order valence-corrected chi connectivity index (χ4v) is 3.66. The molecule has 1 rings (SSSR count). The van der Waals surface area contributed by atoms with Gasteiger partial charge in [0.2, 0.25) is 6.10 Å². The van der Waals surface area contributed by atoms with Gasteiger partial charge in [0.15, 0.2) is 0 Å². The minimum atomic E-state index is -4.94. The quantitative estimate of drug-likeness (QED) is 0.307. The standard InChI is InChI=1S/C11H6F3I3O4/c12-11(13,14)7(3-8(18)19)21-10(20)5-1-4(15)2-6(16)9(5)17/h1-2,7H,3H2,(H,18,19). The molecule has 0 spiro atoms. The normalized spacial score (nSPS) is 12.9. The van der Waals surface area contributed by atoms with Crippen LogP contribution in [0.4, 0.5) is 13.2 Å². The maximum Gasteiger partial charge on any atom is 0.426 e. The number of carbonyl (C=O) groups excluding carboxylic acids is 1. The Morgan fingerprint density at radius 2 is 1.81 bits per heavy atom. The second-order valence-electron chi connectivity index (χ2n) is 3.78. The molecule has 1 unspecified atom stereocenters. The van der Waals surface area contributed by atoms with Crippen LogP contribution in [0.3, 0.4) is 0 Å². The lowest BCUT2D eigenvalue weighted by molar-refractivity contribution is -0.209. The average Bonchev–Trinajstić information content (AvgIpc) is 2.31. The zero-order valence-corrected chi connectivity index (χ0v) is 16.4. The number of carboxylic acids is 1. The van der Waals surface area contributed by atoms with E-state index < -0.39 is 30.6 Å². The number of hydrogen-bond acceptors (Lipinski definition) is 3. The molecule has 4 nitrogen and oxygen atoms in total. The minimum Gasteiger partial charge on any atom is -0.481 e. The molecule has 1 atom stereocenters. The van der Waals surface area contributed by atoms with Crippen molar-refractivity contribution in [1.82, 2.24) is 0 Å².